The lowest BCUT2D eigenvalue weighted by Gasteiger charge is -2.20. The molecule has 0 spiro atoms. The molecule has 2 nitrogen and oxygen atoms in total. The van der Waals surface area contributed by atoms with Crippen molar-refractivity contribution in [3.8, 4) is 0 Å². The Labute approximate surface area is 100 Å². The summed E-state index contributed by atoms with van der Waals surface area (Å²) in [6, 6.07) is 7.71. The molecule has 86 valence electrons. The van der Waals surface area contributed by atoms with E-state index in [4.69, 9.17) is 21.8 Å². The van der Waals surface area contributed by atoms with E-state index < -0.39 is 0 Å². The Morgan fingerprint density at radius 3 is 2.75 bits per heavy atom. The fourth-order valence-corrected chi connectivity index (χ4v) is 2.01. The summed E-state index contributed by atoms with van der Waals surface area (Å²) >= 11 is 5.94. The molecule has 1 heterocycles. The second kappa shape index (κ2) is 4.11. The van der Waals surface area contributed by atoms with Gasteiger partial charge < -0.3 is 10.2 Å². The maximum absolute atomic E-state index is 5.94. The van der Waals surface area contributed by atoms with E-state index in [0.717, 1.165) is 28.2 Å². The molecule has 0 saturated carbocycles. The van der Waals surface area contributed by atoms with E-state index >= 15 is 0 Å². The van der Waals surface area contributed by atoms with Crippen molar-refractivity contribution in [3.05, 3.63) is 35.0 Å². The highest BCUT2D eigenvalue weighted by atomic mass is 35.5. The summed E-state index contributed by atoms with van der Waals surface area (Å²) in [6.07, 6.45) is 0.903. The lowest BCUT2D eigenvalue weighted by atomic mass is 9.86. The van der Waals surface area contributed by atoms with E-state index in [9.17, 15) is 0 Å². The first-order chi connectivity index (χ1) is 7.53. The minimum Gasteiger partial charge on any atom is -0.461 e. The topological polar surface area (TPSA) is 39.2 Å². The normalized spacial score (nSPS) is 12.2. The van der Waals surface area contributed by atoms with Crippen molar-refractivity contribution in [1.82, 2.24) is 0 Å². The van der Waals surface area contributed by atoms with E-state index in [0.29, 0.717) is 6.54 Å². The Morgan fingerprint density at radius 1 is 1.31 bits per heavy atom. The Morgan fingerprint density at radius 2 is 2.06 bits per heavy atom. The van der Waals surface area contributed by atoms with Crippen molar-refractivity contribution in [2.24, 2.45) is 5.73 Å². The predicted molar refractivity (Wildman–Crippen MR) is 67.9 cm³/mol. The first-order valence-electron chi connectivity index (χ1n) is 5.42. The van der Waals surface area contributed by atoms with Gasteiger partial charge in [0.1, 0.15) is 11.3 Å². The summed E-state index contributed by atoms with van der Waals surface area (Å²) in [4.78, 5) is 0. The van der Waals surface area contributed by atoms with Crippen molar-refractivity contribution < 1.29 is 4.42 Å². The average molecular weight is 238 g/mol. The number of halogens is 1. The monoisotopic (exact) mass is 237 g/mol. The first-order valence-corrected chi connectivity index (χ1v) is 5.80. The van der Waals surface area contributed by atoms with Crippen LogP contribution in [0.25, 0.3) is 11.0 Å². The van der Waals surface area contributed by atoms with Gasteiger partial charge in [0.15, 0.2) is 0 Å². The number of rotatable bonds is 3. The van der Waals surface area contributed by atoms with Crippen LogP contribution in [0.5, 0.6) is 0 Å². The summed E-state index contributed by atoms with van der Waals surface area (Å²) < 4.78 is 5.83. The lowest BCUT2D eigenvalue weighted by molar-refractivity contribution is 0.382. The van der Waals surface area contributed by atoms with Crippen LogP contribution < -0.4 is 5.73 Å². The minimum absolute atomic E-state index is 0.0275. The summed E-state index contributed by atoms with van der Waals surface area (Å²) in [5.74, 6) is 0.968. The largest absolute Gasteiger partial charge is 0.461 e. The molecule has 0 bridgehead atoms. The second-order valence-electron chi connectivity index (χ2n) is 4.72. The van der Waals surface area contributed by atoms with Crippen LogP contribution in [0.4, 0.5) is 0 Å². The lowest BCUT2D eigenvalue weighted by Crippen LogP contribution is -2.20. The molecule has 0 amide bonds. The van der Waals surface area contributed by atoms with Gasteiger partial charge in [0, 0.05) is 15.8 Å². The molecule has 0 atom stereocenters. The van der Waals surface area contributed by atoms with Crippen LogP contribution in [0.1, 0.15) is 26.0 Å². The molecule has 0 saturated heterocycles. The van der Waals surface area contributed by atoms with Gasteiger partial charge >= 0.3 is 0 Å². The van der Waals surface area contributed by atoms with Crippen LogP contribution in [0.15, 0.2) is 28.7 Å². The van der Waals surface area contributed by atoms with Crippen molar-refractivity contribution in [2.75, 3.05) is 6.54 Å². The summed E-state index contributed by atoms with van der Waals surface area (Å²) in [6.45, 7) is 4.93. The fraction of sp³-hybridized carbons (Fsp3) is 0.385. The van der Waals surface area contributed by atoms with Gasteiger partial charge in [-0.25, -0.2) is 0 Å². The van der Waals surface area contributed by atoms with Gasteiger partial charge in [0.2, 0.25) is 0 Å². The van der Waals surface area contributed by atoms with E-state index in [-0.39, 0.29) is 5.41 Å². The van der Waals surface area contributed by atoms with Crippen molar-refractivity contribution in [1.29, 1.82) is 0 Å². The number of hydrogen-bond donors (Lipinski definition) is 1. The Kier molecular flexibility index (Phi) is 2.96. The first kappa shape index (κ1) is 11.5. The molecule has 1 aromatic heterocycles. The third-order valence-corrected chi connectivity index (χ3v) is 3.15. The molecule has 0 fully saturated rings. The van der Waals surface area contributed by atoms with Crippen LogP contribution in [0.3, 0.4) is 0 Å². The average Bonchev–Trinajstić information content (AvgIpc) is 2.61. The van der Waals surface area contributed by atoms with Gasteiger partial charge in [-0.3, -0.25) is 0 Å². The molecular formula is C13H16ClNO. The van der Waals surface area contributed by atoms with Crippen LogP contribution in [0.2, 0.25) is 5.02 Å². The van der Waals surface area contributed by atoms with E-state index in [2.05, 4.69) is 19.9 Å². The van der Waals surface area contributed by atoms with Crippen LogP contribution in [0, 0.1) is 0 Å². The number of furan rings is 1. The standard InChI is InChI=1S/C13H16ClNO/c1-13(2,5-6-15)12-8-9-7-10(14)3-4-11(9)16-12/h3-4,7-8H,5-6,15H2,1-2H3. The molecule has 0 aliphatic rings. The smallest absolute Gasteiger partial charge is 0.134 e. The van der Waals surface area contributed by atoms with E-state index in [1.807, 2.05) is 18.2 Å². The van der Waals surface area contributed by atoms with Crippen LogP contribution >= 0.6 is 11.6 Å². The van der Waals surface area contributed by atoms with Gasteiger partial charge in [0.25, 0.3) is 0 Å². The number of nitrogens with two attached hydrogens (primary N) is 1. The number of fused-ring (bicyclic) bond motifs is 1. The molecule has 2 rings (SSSR count). The molecule has 1 aromatic carbocycles. The zero-order valence-electron chi connectivity index (χ0n) is 9.59. The van der Waals surface area contributed by atoms with E-state index in [1.54, 1.807) is 0 Å². The van der Waals surface area contributed by atoms with Crippen molar-refractivity contribution in [3.63, 3.8) is 0 Å². The van der Waals surface area contributed by atoms with Gasteiger partial charge in [0.05, 0.1) is 0 Å². The molecule has 2 N–H and O–H groups in total. The second-order valence-corrected chi connectivity index (χ2v) is 5.15. The van der Waals surface area contributed by atoms with E-state index in [1.165, 1.54) is 0 Å². The highest BCUT2D eigenvalue weighted by molar-refractivity contribution is 6.31. The maximum atomic E-state index is 5.94. The molecule has 16 heavy (non-hydrogen) atoms. The molecule has 0 unspecified atom stereocenters. The minimum atomic E-state index is -0.0275. The maximum Gasteiger partial charge on any atom is 0.134 e. The number of hydrogen-bond acceptors (Lipinski definition) is 2. The SMILES string of the molecule is CC(C)(CCN)c1cc2cc(Cl)ccc2o1. The Balaban J connectivity index is 2.46. The van der Waals surface area contributed by atoms with Crippen LogP contribution in [-0.4, -0.2) is 6.54 Å². The summed E-state index contributed by atoms with van der Waals surface area (Å²) in [5.41, 5.74) is 6.46. The van der Waals surface area contributed by atoms with Crippen LogP contribution in [-0.2, 0) is 5.41 Å². The quantitative estimate of drug-likeness (QED) is 0.884. The molecule has 2 aromatic rings. The molecule has 0 aliphatic carbocycles. The van der Waals surface area contributed by atoms with Crippen molar-refractivity contribution >= 4 is 22.6 Å². The Hall–Kier alpha value is -0.990. The molecule has 3 heteroatoms. The Bertz CT molecular complexity index is 502. The van der Waals surface area contributed by atoms with Gasteiger partial charge in [-0.2, -0.15) is 0 Å². The third-order valence-electron chi connectivity index (χ3n) is 2.91. The van der Waals surface area contributed by atoms with Gasteiger partial charge in [-0.1, -0.05) is 25.4 Å². The van der Waals surface area contributed by atoms with Crippen molar-refractivity contribution in [2.45, 2.75) is 25.7 Å². The molecule has 0 aliphatic heterocycles. The molecule has 0 radical (unpaired) electrons. The number of benzene rings is 1. The fourth-order valence-electron chi connectivity index (χ4n) is 1.83. The zero-order valence-corrected chi connectivity index (χ0v) is 10.3. The highest BCUT2D eigenvalue weighted by Crippen LogP contribution is 2.32. The van der Waals surface area contributed by atoms with Gasteiger partial charge in [-0.05, 0) is 37.2 Å². The zero-order chi connectivity index (χ0) is 11.8. The predicted octanol–water partition coefficient (Wildman–Crippen LogP) is 3.71. The molecular weight excluding hydrogens is 222 g/mol. The summed E-state index contributed by atoms with van der Waals surface area (Å²) in [5, 5.41) is 1.78. The third kappa shape index (κ3) is 2.08. The highest BCUT2D eigenvalue weighted by Gasteiger charge is 2.23. The van der Waals surface area contributed by atoms with Gasteiger partial charge in [-0.15, -0.1) is 0 Å². The summed E-state index contributed by atoms with van der Waals surface area (Å²) in [7, 11) is 0.